The smallest absolute Gasteiger partial charge is 0.223 e. The number of pyridine rings is 1. The first-order valence-corrected chi connectivity index (χ1v) is 9.37. The Hall–Kier alpha value is -2.89. The van der Waals surface area contributed by atoms with Gasteiger partial charge in [-0.2, -0.15) is 0 Å². The summed E-state index contributed by atoms with van der Waals surface area (Å²) in [6.07, 6.45) is 4.71. The lowest BCUT2D eigenvalue weighted by Crippen LogP contribution is -2.28. The summed E-state index contributed by atoms with van der Waals surface area (Å²) in [7, 11) is 0. The largest absolute Gasteiger partial charge is 0.473 e. The Labute approximate surface area is 159 Å². The maximum absolute atomic E-state index is 11.9. The van der Waals surface area contributed by atoms with Gasteiger partial charge in [0.15, 0.2) is 0 Å². The Kier molecular flexibility index (Phi) is 6.79. The van der Waals surface area contributed by atoms with Gasteiger partial charge in [-0.3, -0.25) is 9.59 Å². The zero-order chi connectivity index (χ0) is 18.9. The van der Waals surface area contributed by atoms with Crippen molar-refractivity contribution in [2.24, 2.45) is 5.92 Å². The number of hydrogen-bond donors (Lipinski definition) is 2. The van der Waals surface area contributed by atoms with Crippen LogP contribution in [0.25, 0.3) is 0 Å². The molecule has 3 rings (SSSR count). The van der Waals surface area contributed by atoms with Crippen molar-refractivity contribution in [3.05, 3.63) is 59.8 Å². The van der Waals surface area contributed by atoms with E-state index in [0.717, 1.165) is 24.0 Å². The minimum Gasteiger partial charge on any atom is -0.473 e. The summed E-state index contributed by atoms with van der Waals surface area (Å²) in [5.41, 5.74) is 2.01. The highest BCUT2D eigenvalue weighted by Crippen LogP contribution is 2.28. The Balaban J connectivity index is 1.34. The first-order valence-electron chi connectivity index (χ1n) is 9.37. The van der Waals surface area contributed by atoms with E-state index in [1.165, 1.54) is 0 Å². The normalized spacial score (nSPS) is 13.0. The Morgan fingerprint density at radius 1 is 1.07 bits per heavy atom. The molecule has 1 saturated carbocycles. The van der Waals surface area contributed by atoms with Crippen LogP contribution in [0.1, 0.15) is 36.8 Å². The van der Waals surface area contributed by atoms with Gasteiger partial charge in [-0.25, -0.2) is 4.98 Å². The molecule has 0 bridgehead atoms. The van der Waals surface area contributed by atoms with Gasteiger partial charge in [0.25, 0.3) is 0 Å². The van der Waals surface area contributed by atoms with Crippen LogP contribution in [0.3, 0.4) is 0 Å². The molecule has 1 aromatic carbocycles. The second kappa shape index (κ2) is 9.71. The molecule has 0 radical (unpaired) electrons. The summed E-state index contributed by atoms with van der Waals surface area (Å²) < 4.78 is 5.70. The molecule has 6 heteroatoms. The molecule has 1 aromatic heterocycles. The molecule has 1 aliphatic rings. The fourth-order valence-electron chi connectivity index (χ4n) is 2.61. The Morgan fingerprint density at radius 3 is 2.67 bits per heavy atom. The molecule has 0 aliphatic heterocycles. The molecule has 1 fully saturated rings. The monoisotopic (exact) mass is 367 g/mol. The molecular formula is C21H25N3O3. The van der Waals surface area contributed by atoms with E-state index < -0.39 is 0 Å². The summed E-state index contributed by atoms with van der Waals surface area (Å²) in [5, 5.41) is 5.75. The van der Waals surface area contributed by atoms with Gasteiger partial charge in [-0.05, 0) is 36.5 Å². The maximum Gasteiger partial charge on any atom is 0.223 e. The van der Waals surface area contributed by atoms with Crippen LogP contribution >= 0.6 is 0 Å². The summed E-state index contributed by atoms with van der Waals surface area (Å²) in [5.74, 6) is 0.840. The highest BCUT2D eigenvalue weighted by Gasteiger charge is 2.28. The molecule has 1 heterocycles. The van der Waals surface area contributed by atoms with Crippen LogP contribution in [0.5, 0.6) is 5.88 Å². The standard InChI is InChI=1S/C21H25N3O3/c25-19(7-4-11-23-21(26)18-8-9-18)24-14-17-10-12-22-20(13-17)27-15-16-5-2-1-3-6-16/h1-3,5-6,10,12-13,18H,4,7-9,11,14-15H2,(H,23,26)(H,24,25). The molecule has 0 atom stereocenters. The number of nitrogens with zero attached hydrogens (tertiary/aromatic N) is 1. The van der Waals surface area contributed by atoms with Crippen molar-refractivity contribution >= 4 is 11.8 Å². The van der Waals surface area contributed by atoms with Crippen molar-refractivity contribution in [1.29, 1.82) is 0 Å². The number of ether oxygens (including phenoxy) is 1. The lowest BCUT2D eigenvalue weighted by molar-refractivity contribution is -0.123. The predicted molar refractivity (Wildman–Crippen MR) is 102 cm³/mol. The van der Waals surface area contributed by atoms with Crippen LogP contribution < -0.4 is 15.4 Å². The van der Waals surface area contributed by atoms with Crippen molar-refractivity contribution in [3.8, 4) is 5.88 Å². The zero-order valence-electron chi connectivity index (χ0n) is 15.3. The minimum absolute atomic E-state index is 0.0285. The van der Waals surface area contributed by atoms with E-state index >= 15 is 0 Å². The first-order chi connectivity index (χ1) is 13.2. The second-order valence-corrected chi connectivity index (χ2v) is 6.72. The molecule has 2 aromatic rings. The van der Waals surface area contributed by atoms with E-state index in [9.17, 15) is 9.59 Å². The van der Waals surface area contributed by atoms with Gasteiger partial charge in [-0.15, -0.1) is 0 Å². The quantitative estimate of drug-likeness (QED) is 0.633. The number of carbonyl (C=O) groups excluding carboxylic acids is 2. The number of carbonyl (C=O) groups is 2. The predicted octanol–water partition coefficient (Wildman–Crippen LogP) is 2.58. The number of benzene rings is 1. The average molecular weight is 367 g/mol. The number of hydrogen-bond acceptors (Lipinski definition) is 4. The number of nitrogens with one attached hydrogen (secondary N) is 2. The van der Waals surface area contributed by atoms with Gasteiger partial charge in [0.1, 0.15) is 6.61 Å². The summed E-state index contributed by atoms with van der Waals surface area (Å²) >= 11 is 0. The number of amides is 2. The minimum atomic E-state index is -0.0285. The highest BCUT2D eigenvalue weighted by atomic mass is 16.5. The van der Waals surface area contributed by atoms with Crippen LogP contribution in [0.4, 0.5) is 0 Å². The average Bonchev–Trinajstić information content (AvgIpc) is 3.54. The Bertz CT molecular complexity index is 760. The first kappa shape index (κ1) is 18.9. The van der Waals surface area contributed by atoms with E-state index in [0.29, 0.717) is 38.4 Å². The third-order valence-corrected chi connectivity index (χ3v) is 4.35. The topological polar surface area (TPSA) is 80.3 Å². The van der Waals surface area contributed by atoms with Crippen molar-refractivity contribution in [3.63, 3.8) is 0 Å². The van der Waals surface area contributed by atoms with Crippen LogP contribution in [0.15, 0.2) is 48.7 Å². The van der Waals surface area contributed by atoms with Crippen molar-refractivity contribution in [2.45, 2.75) is 38.8 Å². The molecule has 0 saturated heterocycles. The van der Waals surface area contributed by atoms with E-state index in [1.807, 2.05) is 42.5 Å². The molecular weight excluding hydrogens is 342 g/mol. The van der Waals surface area contributed by atoms with Crippen LogP contribution in [-0.4, -0.2) is 23.3 Å². The molecule has 1 aliphatic carbocycles. The third kappa shape index (κ3) is 6.73. The van der Waals surface area contributed by atoms with Gasteiger partial charge < -0.3 is 15.4 Å². The van der Waals surface area contributed by atoms with Crippen LogP contribution in [0.2, 0.25) is 0 Å². The molecule has 0 spiro atoms. The van der Waals surface area contributed by atoms with Crippen molar-refractivity contribution < 1.29 is 14.3 Å². The van der Waals surface area contributed by atoms with Gasteiger partial charge >= 0.3 is 0 Å². The molecule has 2 amide bonds. The number of rotatable bonds is 10. The lowest BCUT2D eigenvalue weighted by atomic mass is 10.2. The lowest BCUT2D eigenvalue weighted by Gasteiger charge is -2.09. The van der Waals surface area contributed by atoms with Crippen molar-refractivity contribution in [2.75, 3.05) is 6.54 Å². The van der Waals surface area contributed by atoms with Gasteiger partial charge in [0.05, 0.1) is 0 Å². The molecule has 27 heavy (non-hydrogen) atoms. The summed E-state index contributed by atoms with van der Waals surface area (Å²) in [4.78, 5) is 27.6. The molecule has 6 nitrogen and oxygen atoms in total. The fourth-order valence-corrected chi connectivity index (χ4v) is 2.61. The van der Waals surface area contributed by atoms with Crippen LogP contribution in [0, 0.1) is 5.92 Å². The Morgan fingerprint density at radius 2 is 1.89 bits per heavy atom. The summed E-state index contributed by atoms with van der Waals surface area (Å²) in [6, 6.07) is 13.6. The van der Waals surface area contributed by atoms with Gasteiger partial charge in [0.2, 0.25) is 17.7 Å². The third-order valence-electron chi connectivity index (χ3n) is 4.35. The van der Waals surface area contributed by atoms with Crippen LogP contribution in [-0.2, 0) is 22.7 Å². The second-order valence-electron chi connectivity index (χ2n) is 6.72. The van der Waals surface area contributed by atoms with Crippen molar-refractivity contribution in [1.82, 2.24) is 15.6 Å². The van der Waals surface area contributed by atoms with E-state index in [1.54, 1.807) is 6.20 Å². The van der Waals surface area contributed by atoms with E-state index in [4.69, 9.17) is 4.74 Å². The number of aromatic nitrogens is 1. The van der Waals surface area contributed by atoms with Gasteiger partial charge in [0, 0.05) is 37.7 Å². The van der Waals surface area contributed by atoms with E-state index in [-0.39, 0.29) is 17.7 Å². The zero-order valence-corrected chi connectivity index (χ0v) is 15.3. The van der Waals surface area contributed by atoms with Gasteiger partial charge in [-0.1, -0.05) is 30.3 Å². The molecule has 0 unspecified atom stereocenters. The SMILES string of the molecule is O=C(CCCNC(=O)C1CC1)NCc1ccnc(OCc2ccccc2)c1. The van der Waals surface area contributed by atoms with E-state index in [2.05, 4.69) is 15.6 Å². The highest BCUT2D eigenvalue weighted by molar-refractivity contribution is 5.81. The summed E-state index contributed by atoms with van der Waals surface area (Å²) in [6.45, 7) is 1.43. The molecule has 142 valence electrons. The molecule has 2 N–H and O–H groups in total. The maximum atomic E-state index is 11.9. The fraction of sp³-hybridized carbons (Fsp3) is 0.381.